The van der Waals surface area contributed by atoms with Crippen LogP contribution in [0.4, 0.5) is 20.3 Å². The summed E-state index contributed by atoms with van der Waals surface area (Å²) < 4.78 is 26.5. The maximum absolute atomic E-state index is 13.4. The molecule has 0 unspecified atom stereocenters. The molecular weight excluding hydrogens is 501 g/mol. The molecule has 3 aromatic rings. The molecule has 5 N–H and O–H groups in total. The van der Waals surface area contributed by atoms with Crippen LogP contribution in [0.1, 0.15) is 33.3 Å². The summed E-state index contributed by atoms with van der Waals surface area (Å²) in [4.78, 5) is 28.8. The SMILES string of the molecule is CC(N)=Nc1ccccc1CNC(=O)c1cc(NC(=O)c2cc(F)c(F)cc2Cl)n[nH]1.Cl.Cl. The van der Waals surface area contributed by atoms with Gasteiger partial charge in [-0.15, -0.1) is 24.8 Å². The number of nitrogens with one attached hydrogen (secondary N) is 3. The Morgan fingerprint density at radius 2 is 1.79 bits per heavy atom. The van der Waals surface area contributed by atoms with E-state index < -0.39 is 23.4 Å². The Bertz CT molecular complexity index is 1180. The number of aromatic nitrogens is 2. The van der Waals surface area contributed by atoms with Crippen LogP contribution in [0.5, 0.6) is 0 Å². The molecule has 1 aromatic heterocycles. The van der Waals surface area contributed by atoms with Gasteiger partial charge in [0.15, 0.2) is 17.5 Å². The average Bonchev–Trinajstić information content (AvgIpc) is 3.18. The van der Waals surface area contributed by atoms with Crippen molar-refractivity contribution in [3.63, 3.8) is 0 Å². The van der Waals surface area contributed by atoms with E-state index in [4.69, 9.17) is 17.3 Å². The van der Waals surface area contributed by atoms with Crippen molar-refractivity contribution in [2.75, 3.05) is 5.32 Å². The van der Waals surface area contributed by atoms with Crippen LogP contribution in [0.2, 0.25) is 5.02 Å². The number of carbonyl (C=O) groups is 2. The summed E-state index contributed by atoms with van der Waals surface area (Å²) in [7, 11) is 0. The zero-order valence-electron chi connectivity index (χ0n) is 17.0. The normalized spacial score (nSPS) is 10.6. The Labute approximate surface area is 204 Å². The molecule has 2 aromatic carbocycles. The van der Waals surface area contributed by atoms with Gasteiger partial charge in [-0.2, -0.15) is 5.10 Å². The molecule has 0 fully saturated rings. The highest BCUT2D eigenvalue weighted by Gasteiger charge is 2.17. The van der Waals surface area contributed by atoms with Crippen molar-refractivity contribution in [3.05, 3.63) is 75.9 Å². The number of anilines is 1. The van der Waals surface area contributed by atoms with Crippen molar-refractivity contribution in [2.45, 2.75) is 13.5 Å². The van der Waals surface area contributed by atoms with E-state index in [1.165, 1.54) is 6.07 Å². The average molecular weight is 520 g/mol. The number of nitrogens with zero attached hydrogens (tertiary/aromatic N) is 2. The third kappa shape index (κ3) is 7.14. The lowest BCUT2D eigenvalue weighted by molar-refractivity contribution is 0.0945. The van der Waals surface area contributed by atoms with E-state index in [9.17, 15) is 18.4 Å². The number of H-pyrrole nitrogens is 1. The second-order valence-corrected chi connectivity index (χ2v) is 6.84. The molecule has 0 aliphatic carbocycles. The van der Waals surface area contributed by atoms with Crippen molar-refractivity contribution in [1.29, 1.82) is 0 Å². The van der Waals surface area contributed by atoms with E-state index in [1.54, 1.807) is 31.2 Å². The molecule has 0 bridgehead atoms. The van der Waals surface area contributed by atoms with Gasteiger partial charge in [-0.3, -0.25) is 14.7 Å². The van der Waals surface area contributed by atoms with Gasteiger partial charge in [-0.1, -0.05) is 29.8 Å². The molecule has 0 spiro atoms. The second-order valence-electron chi connectivity index (χ2n) is 6.43. The number of aliphatic imine (C=N–C) groups is 1. The predicted octanol–water partition coefficient (Wildman–Crippen LogP) is 4.38. The molecule has 0 saturated heterocycles. The van der Waals surface area contributed by atoms with Crippen LogP contribution >= 0.6 is 36.4 Å². The molecule has 0 aliphatic rings. The molecule has 8 nitrogen and oxygen atoms in total. The number of amidine groups is 1. The number of nitrogens with two attached hydrogens (primary N) is 1. The smallest absolute Gasteiger partial charge is 0.269 e. The van der Waals surface area contributed by atoms with Crippen molar-refractivity contribution >= 4 is 65.6 Å². The molecular formula is C20H19Cl3F2N6O2. The zero-order valence-corrected chi connectivity index (χ0v) is 19.4. The van der Waals surface area contributed by atoms with Crippen LogP contribution < -0.4 is 16.4 Å². The number of aromatic amines is 1. The Morgan fingerprint density at radius 3 is 2.48 bits per heavy atom. The molecule has 176 valence electrons. The van der Waals surface area contributed by atoms with E-state index in [1.807, 2.05) is 0 Å². The van der Waals surface area contributed by atoms with Crippen LogP contribution in [0.25, 0.3) is 0 Å². The Hall–Kier alpha value is -3.21. The molecule has 0 radical (unpaired) electrons. The Kier molecular flexibility index (Phi) is 10.2. The van der Waals surface area contributed by atoms with Gasteiger partial charge in [0.25, 0.3) is 11.8 Å². The van der Waals surface area contributed by atoms with Crippen LogP contribution in [0.3, 0.4) is 0 Å². The fourth-order valence-electron chi connectivity index (χ4n) is 2.61. The van der Waals surface area contributed by atoms with Crippen molar-refractivity contribution in [2.24, 2.45) is 10.7 Å². The van der Waals surface area contributed by atoms with Crippen LogP contribution in [-0.4, -0.2) is 27.8 Å². The number of hydrogen-bond donors (Lipinski definition) is 4. The molecule has 0 aliphatic heterocycles. The number of rotatable bonds is 6. The number of halogens is 5. The highest BCUT2D eigenvalue weighted by Crippen LogP contribution is 2.21. The molecule has 33 heavy (non-hydrogen) atoms. The number of benzene rings is 2. The van der Waals surface area contributed by atoms with Gasteiger partial charge in [0.2, 0.25) is 0 Å². The monoisotopic (exact) mass is 518 g/mol. The molecule has 0 atom stereocenters. The third-order valence-corrected chi connectivity index (χ3v) is 4.36. The minimum atomic E-state index is -1.22. The molecule has 3 rings (SSSR count). The lowest BCUT2D eigenvalue weighted by atomic mass is 10.2. The Balaban J connectivity index is 0.00000272. The quantitative estimate of drug-likeness (QED) is 0.219. The first kappa shape index (κ1) is 27.8. The first-order chi connectivity index (χ1) is 14.7. The summed E-state index contributed by atoms with van der Waals surface area (Å²) in [5, 5.41) is 11.1. The van der Waals surface area contributed by atoms with Crippen molar-refractivity contribution in [3.8, 4) is 0 Å². The second kappa shape index (κ2) is 12.1. The molecule has 13 heteroatoms. The number of hydrogen-bond acceptors (Lipinski definition) is 4. The van der Waals surface area contributed by atoms with Crippen LogP contribution in [0, 0.1) is 11.6 Å². The summed E-state index contributed by atoms with van der Waals surface area (Å²) in [6.45, 7) is 1.83. The highest BCUT2D eigenvalue weighted by molar-refractivity contribution is 6.34. The fourth-order valence-corrected chi connectivity index (χ4v) is 2.85. The van der Waals surface area contributed by atoms with Gasteiger partial charge in [0.05, 0.1) is 22.1 Å². The van der Waals surface area contributed by atoms with Crippen molar-refractivity contribution < 1.29 is 18.4 Å². The number of amides is 2. The predicted molar refractivity (Wildman–Crippen MR) is 127 cm³/mol. The molecule has 1 heterocycles. The first-order valence-corrected chi connectivity index (χ1v) is 9.30. The minimum Gasteiger partial charge on any atom is -0.387 e. The van der Waals surface area contributed by atoms with Gasteiger partial charge in [-0.25, -0.2) is 13.8 Å². The standard InChI is InChI=1S/C20H17ClF2N6O2.2ClH/c1-10(24)26-16-5-3-2-4-11(16)9-25-20(31)17-8-18(29-28-17)27-19(30)12-6-14(22)15(23)7-13(12)21;;/h2-8H,9H2,1H3,(H2,24,26)(H,25,31)(H2,27,28,29,30);2*1H. The van der Waals surface area contributed by atoms with E-state index in [2.05, 4.69) is 25.8 Å². The Morgan fingerprint density at radius 1 is 1.12 bits per heavy atom. The van der Waals surface area contributed by atoms with E-state index >= 15 is 0 Å². The molecule has 0 saturated carbocycles. The summed E-state index contributed by atoms with van der Waals surface area (Å²) >= 11 is 5.79. The fraction of sp³-hybridized carbons (Fsp3) is 0.100. The van der Waals surface area contributed by atoms with E-state index in [0.717, 1.165) is 5.56 Å². The first-order valence-electron chi connectivity index (χ1n) is 8.92. The number of para-hydroxylation sites is 1. The minimum absolute atomic E-state index is 0. The zero-order chi connectivity index (χ0) is 22.5. The summed E-state index contributed by atoms with van der Waals surface area (Å²) in [6, 6.07) is 9.84. The van der Waals surface area contributed by atoms with Gasteiger partial charge >= 0.3 is 0 Å². The van der Waals surface area contributed by atoms with Gasteiger partial charge in [-0.05, 0) is 30.7 Å². The van der Waals surface area contributed by atoms with E-state index in [0.29, 0.717) is 23.7 Å². The largest absolute Gasteiger partial charge is 0.387 e. The highest BCUT2D eigenvalue weighted by atomic mass is 35.5. The summed E-state index contributed by atoms with van der Waals surface area (Å²) in [5.41, 5.74) is 6.79. The summed E-state index contributed by atoms with van der Waals surface area (Å²) in [6.07, 6.45) is 0. The summed E-state index contributed by atoms with van der Waals surface area (Å²) in [5.74, 6) is -3.30. The lowest BCUT2D eigenvalue weighted by Crippen LogP contribution is -2.23. The van der Waals surface area contributed by atoms with Crippen LogP contribution in [0.15, 0.2) is 47.5 Å². The van der Waals surface area contributed by atoms with Crippen molar-refractivity contribution in [1.82, 2.24) is 15.5 Å². The maximum atomic E-state index is 13.4. The third-order valence-electron chi connectivity index (χ3n) is 4.05. The van der Waals surface area contributed by atoms with Gasteiger partial charge in [0.1, 0.15) is 5.69 Å². The maximum Gasteiger partial charge on any atom is 0.269 e. The van der Waals surface area contributed by atoms with Gasteiger partial charge < -0.3 is 16.4 Å². The molecule has 2 amide bonds. The topological polar surface area (TPSA) is 125 Å². The van der Waals surface area contributed by atoms with Crippen LogP contribution in [-0.2, 0) is 6.54 Å². The lowest BCUT2D eigenvalue weighted by Gasteiger charge is -2.07. The van der Waals surface area contributed by atoms with E-state index in [-0.39, 0.29) is 53.5 Å². The number of carbonyl (C=O) groups excluding carboxylic acids is 2. The van der Waals surface area contributed by atoms with Gasteiger partial charge in [0, 0.05) is 12.6 Å².